The van der Waals surface area contributed by atoms with Gasteiger partial charge in [-0.25, -0.2) is 15.2 Å². The molecular weight excluding hydrogens is 385 g/mol. The molecule has 0 radical (unpaired) electrons. The SMILES string of the molecule is CSc1ccc(Oc2c(Cl)cc(N3NCC(=O)NC3=O)cc2Cl)cc1. The van der Waals surface area contributed by atoms with Crippen molar-refractivity contribution < 1.29 is 14.3 Å². The quantitative estimate of drug-likeness (QED) is 0.760. The second kappa shape index (κ2) is 7.53. The first-order chi connectivity index (χ1) is 12.0. The van der Waals surface area contributed by atoms with Crippen LogP contribution in [-0.4, -0.2) is 24.7 Å². The van der Waals surface area contributed by atoms with E-state index >= 15 is 0 Å². The average molecular weight is 398 g/mol. The first-order valence-corrected chi connectivity index (χ1v) is 9.14. The molecule has 0 aliphatic carbocycles. The summed E-state index contributed by atoms with van der Waals surface area (Å²) in [5.41, 5.74) is 3.08. The second-order valence-electron chi connectivity index (χ2n) is 5.04. The van der Waals surface area contributed by atoms with Crippen LogP contribution in [-0.2, 0) is 4.79 Å². The Balaban J connectivity index is 1.84. The van der Waals surface area contributed by atoms with Gasteiger partial charge in [-0.2, -0.15) is 0 Å². The Morgan fingerprint density at radius 1 is 1.12 bits per heavy atom. The highest BCUT2D eigenvalue weighted by Crippen LogP contribution is 2.39. The number of nitrogens with zero attached hydrogens (tertiary/aromatic N) is 1. The fourth-order valence-corrected chi connectivity index (χ4v) is 3.15. The molecule has 0 spiro atoms. The Hall–Kier alpha value is -1.93. The van der Waals surface area contributed by atoms with Gasteiger partial charge in [0.25, 0.3) is 0 Å². The smallest absolute Gasteiger partial charge is 0.343 e. The van der Waals surface area contributed by atoms with Gasteiger partial charge in [0.2, 0.25) is 5.91 Å². The molecule has 1 heterocycles. The van der Waals surface area contributed by atoms with Crippen molar-refractivity contribution in [2.24, 2.45) is 0 Å². The molecule has 1 aliphatic heterocycles. The summed E-state index contributed by atoms with van der Waals surface area (Å²) in [5.74, 6) is 0.471. The van der Waals surface area contributed by atoms with Crippen LogP contribution >= 0.6 is 35.0 Å². The summed E-state index contributed by atoms with van der Waals surface area (Å²) in [6.07, 6.45) is 1.99. The van der Waals surface area contributed by atoms with E-state index in [1.165, 1.54) is 12.1 Å². The normalized spacial score (nSPS) is 14.4. The molecule has 6 nitrogen and oxygen atoms in total. The van der Waals surface area contributed by atoms with Gasteiger partial charge in [-0.1, -0.05) is 23.2 Å². The number of hydrogen-bond acceptors (Lipinski definition) is 5. The molecule has 2 aromatic carbocycles. The number of rotatable bonds is 4. The lowest BCUT2D eigenvalue weighted by Gasteiger charge is -2.27. The molecule has 130 valence electrons. The third-order valence-corrected chi connectivity index (χ3v) is 4.67. The molecule has 1 fully saturated rings. The van der Waals surface area contributed by atoms with Gasteiger partial charge in [0, 0.05) is 4.90 Å². The Kier molecular flexibility index (Phi) is 5.39. The number of carbonyl (C=O) groups excluding carboxylic acids is 2. The number of hydrogen-bond donors (Lipinski definition) is 2. The van der Waals surface area contributed by atoms with Crippen LogP contribution in [0.1, 0.15) is 0 Å². The van der Waals surface area contributed by atoms with Crippen LogP contribution in [0.15, 0.2) is 41.3 Å². The molecule has 3 amide bonds. The summed E-state index contributed by atoms with van der Waals surface area (Å²) >= 11 is 14.2. The highest BCUT2D eigenvalue weighted by Gasteiger charge is 2.25. The molecule has 1 saturated heterocycles. The van der Waals surface area contributed by atoms with Crippen LogP contribution in [0.2, 0.25) is 10.0 Å². The second-order valence-corrected chi connectivity index (χ2v) is 6.73. The van der Waals surface area contributed by atoms with Gasteiger partial charge in [-0.05, 0) is 42.7 Å². The molecule has 0 aromatic heterocycles. The molecule has 0 unspecified atom stereocenters. The highest BCUT2D eigenvalue weighted by molar-refractivity contribution is 7.98. The Morgan fingerprint density at radius 2 is 1.76 bits per heavy atom. The Bertz CT molecular complexity index is 807. The number of urea groups is 1. The van der Waals surface area contributed by atoms with Gasteiger partial charge in [-0.15, -0.1) is 11.8 Å². The summed E-state index contributed by atoms with van der Waals surface area (Å²) in [4.78, 5) is 24.2. The summed E-state index contributed by atoms with van der Waals surface area (Å²) < 4.78 is 5.76. The van der Waals surface area contributed by atoms with E-state index in [2.05, 4.69) is 10.7 Å². The number of ether oxygens (including phenoxy) is 1. The monoisotopic (exact) mass is 397 g/mol. The maximum atomic E-state index is 11.9. The largest absolute Gasteiger partial charge is 0.454 e. The van der Waals surface area contributed by atoms with Crippen molar-refractivity contribution in [2.45, 2.75) is 4.90 Å². The molecule has 0 bridgehead atoms. The number of anilines is 1. The fraction of sp³-hybridized carbons (Fsp3) is 0.125. The molecule has 25 heavy (non-hydrogen) atoms. The van der Waals surface area contributed by atoms with Gasteiger partial charge in [-0.3, -0.25) is 10.1 Å². The van der Waals surface area contributed by atoms with E-state index in [9.17, 15) is 9.59 Å². The lowest BCUT2D eigenvalue weighted by molar-refractivity contribution is -0.119. The van der Waals surface area contributed by atoms with Gasteiger partial charge >= 0.3 is 6.03 Å². The lowest BCUT2D eigenvalue weighted by atomic mass is 10.2. The van der Waals surface area contributed by atoms with E-state index in [0.717, 1.165) is 9.90 Å². The maximum Gasteiger partial charge on any atom is 0.343 e. The van der Waals surface area contributed by atoms with E-state index in [0.29, 0.717) is 11.4 Å². The number of imide groups is 1. The van der Waals surface area contributed by atoms with Crippen molar-refractivity contribution >= 4 is 52.6 Å². The predicted octanol–water partition coefficient (Wildman–Crippen LogP) is 4.07. The van der Waals surface area contributed by atoms with Gasteiger partial charge < -0.3 is 4.74 Å². The highest BCUT2D eigenvalue weighted by atomic mass is 35.5. The van der Waals surface area contributed by atoms with Crippen molar-refractivity contribution in [2.75, 3.05) is 17.8 Å². The number of amides is 3. The first-order valence-electron chi connectivity index (χ1n) is 7.16. The van der Waals surface area contributed by atoms with Crippen LogP contribution in [0, 0.1) is 0 Å². The van der Waals surface area contributed by atoms with E-state index in [4.69, 9.17) is 27.9 Å². The van der Waals surface area contributed by atoms with Gasteiger partial charge in [0.05, 0.1) is 22.3 Å². The molecule has 1 aliphatic rings. The average Bonchev–Trinajstić information content (AvgIpc) is 2.58. The van der Waals surface area contributed by atoms with Crippen LogP contribution in [0.3, 0.4) is 0 Å². The number of halogens is 2. The molecule has 0 saturated carbocycles. The number of carbonyl (C=O) groups is 2. The molecular formula is C16H13Cl2N3O3S. The molecule has 0 atom stereocenters. The summed E-state index contributed by atoms with van der Waals surface area (Å²) in [7, 11) is 0. The standard InChI is InChI=1S/C16H13Cl2N3O3S/c1-25-11-4-2-10(3-5-11)24-15-12(17)6-9(7-13(15)18)21-16(23)20-14(22)8-19-21/h2-7,19H,8H2,1H3,(H,20,22,23). The summed E-state index contributed by atoms with van der Waals surface area (Å²) in [5, 5.41) is 3.84. The Labute approximate surface area is 158 Å². The van der Waals surface area contributed by atoms with E-state index in [-0.39, 0.29) is 22.3 Å². The number of thioether (sulfide) groups is 1. The number of benzene rings is 2. The lowest BCUT2D eigenvalue weighted by Crippen LogP contribution is -2.59. The van der Waals surface area contributed by atoms with Gasteiger partial charge in [0.1, 0.15) is 5.75 Å². The number of hydrazine groups is 1. The fourth-order valence-electron chi connectivity index (χ4n) is 2.19. The summed E-state index contributed by atoms with van der Waals surface area (Å²) in [6, 6.07) is 9.94. The molecule has 9 heteroatoms. The third kappa shape index (κ3) is 4.01. The zero-order valence-corrected chi connectivity index (χ0v) is 15.3. The minimum atomic E-state index is -0.607. The number of nitrogens with one attached hydrogen (secondary N) is 2. The van der Waals surface area contributed by atoms with Crippen molar-refractivity contribution in [1.29, 1.82) is 0 Å². The van der Waals surface area contributed by atoms with Crippen LogP contribution in [0.4, 0.5) is 10.5 Å². The van der Waals surface area contributed by atoms with Crippen LogP contribution in [0.25, 0.3) is 0 Å². The van der Waals surface area contributed by atoms with Crippen molar-refractivity contribution in [3.8, 4) is 11.5 Å². The van der Waals surface area contributed by atoms with E-state index < -0.39 is 11.9 Å². The van der Waals surface area contributed by atoms with E-state index in [1.54, 1.807) is 11.8 Å². The molecule has 3 rings (SSSR count). The minimum Gasteiger partial charge on any atom is -0.454 e. The van der Waals surface area contributed by atoms with Crippen molar-refractivity contribution in [1.82, 2.24) is 10.7 Å². The van der Waals surface area contributed by atoms with Crippen LogP contribution in [0.5, 0.6) is 11.5 Å². The van der Waals surface area contributed by atoms with Gasteiger partial charge in [0.15, 0.2) is 5.75 Å². The summed E-state index contributed by atoms with van der Waals surface area (Å²) in [6.45, 7) is -0.0268. The van der Waals surface area contributed by atoms with E-state index in [1.807, 2.05) is 30.5 Å². The van der Waals surface area contributed by atoms with Crippen molar-refractivity contribution in [3.63, 3.8) is 0 Å². The zero-order valence-electron chi connectivity index (χ0n) is 13.0. The topological polar surface area (TPSA) is 70.7 Å². The van der Waals surface area contributed by atoms with Crippen molar-refractivity contribution in [3.05, 3.63) is 46.4 Å². The van der Waals surface area contributed by atoms with Crippen LogP contribution < -0.4 is 20.5 Å². The predicted molar refractivity (Wildman–Crippen MR) is 98.8 cm³/mol. The maximum absolute atomic E-state index is 11.9. The minimum absolute atomic E-state index is 0.0268. The first kappa shape index (κ1) is 17.9. The molecule has 2 N–H and O–H groups in total. The third-order valence-electron chi connectivity index (χ3n) is 3.37. The molecule has 2 aromatic rings. The Morgan fingerprint density at radius 3 is 2.32 bits per heavy atom. The zero-order chi connectivity index (χ0) is 18.0.